The van der Waals surface area contributed by atoms with E-state index < -0.39 is 10.0 Å². The van der Waals surface area contributed by atoms with Crippen LogP contribution in [0.2, 0.25) is 0 Å². The monoisotopic (exact) mass is 464 g/mol. The van der Waals surface area contributed by atoms with E-state index in [0.29, 0.717) is 57.8 Å². The molecule has 2 aromatic rings. The number of carbonyl (C=O) groups is 1. The summed E-state index contributed by atoms with van der Waals surface area (Å²) in [5, 5.41) is 0. The van der Waals surface area contributed by atoms with Gasteiger partial charge in [0.1, 0.15) is 5.82 Å². The number of likely N-dealkylation sites (N-methyl/N-ethyl adjacent to an activating group) is 1. The number of fused-ring (bicyclic) bond motifs is 1. The molecule has 176 valence electrons. The lowest BCUT2D eigenvalue weighted by molar-refractivity contribution is -0.132. The molecular formula is C22H32N4O5S. The first-order valence-electron chi connectivity index (χ1n) is 11.3. The summed E-state index contributed by atoms with van der Waals surface area (Å²) in [6, 6.07) is 5.04. The van der Waals surface area contributed by atoms with Crippen LogP contribution in [0.5, 0.6) is 0 Å². The number of carbonyl (C=O) groups excluding carboxylic acids is 1. The summed E-state index contributed by atoms with van der Waals surface area (Å²) in [6.07, 6.45) is 3.05. The van der Waals surface area contributed by atoms with Gasteiger partial charge in [0.15, 0.2) is 0 Å². The maximum absolute atomic E-state index is 13.0. The number of hydrogen-bond acceptors (Lipinski definition) is 6. The van der Waals surface area contributed by atoms with Gasteiger partial charge >= 0.3 is 0 Å². The van der Waals surface area contributed by atoms with Crippen molar-refractivity contribution in [2.45, 2.75) is 43.6 Å². The van der Waals surface area contributed by atoms with Crippen LogP contribution in [-0.4, -0.2) is 85.2 Å². The van der Waals surface area contributed by atoms with Crippen molar-refractivity contribution in [3.8, 4) is 0 Å². The first kappa shape index (κ1) is 23.2. The third kappa shape index (κ3) is 4.83. The Morgan fingerprint density at radius 1 is 1.25 bits per heavy atom. The molecule has 32 heavy (non-hydrogen) atoms. The van der Waals surface area contributed by atoms with Crippen LogP contribution in [0, 0.1) is 0 Å². The van der Waals surface area contributed by atoms with Gasteiger partial charge in [0.25, 0.3) is 0 Å². The summed E-state index contributed by atoms with van der Waals surface area (Å²) >= 11 is 0. The minimum atomic E-state index is -3.58. The molecule has 10 heteroatoms. The van der Waals surface area contributed by atoms with Crippen LogP contribution in [0.15, 0.2) is 23.1 Å². The number of nitrogens with zero attached hydrogens (tertiary/aromatic N) is 4. The van der Waals surface area contributed by atoms with Crippen LogP contribution in [0.25, 0.3) is 11.0 Å². The minimum Gasteiger partial charge on any atom is -0.379 e. The number of aryl methyl sites for hydroxylation is 2. The van der Waals surface area contributed by atoms with Crippen LogP contribution >= 0.6 is 0 Å². The Morgan fingerprint density at radius 2 is 2.03 bits per heavy atom. The molecule has 4 rings (SSSR count). The molecule has 0 bridgehead atoms. The normalized spacial score (nSPS) is 20.1. The Morgan fingerprint density at radius 3 is 2.72 bits per heavy atom. The van der Waals surface area contributed by atoms with Gasteiger partial charge in [-0.15, -0.1) is 0 Å². The second kappa shape index (κ2) is 9.86. The number of ether oxygens (including phenoxy) is 2. The standard InChI is InChI=1S/C22H32N4O5S/c1-3-25(16-17-5-4-12-31-17)22(27)9-8-21-23-19-15-18(6-7-20(19)24(21)2)32(28,29)26-10-13-30-14-11-26/h6-7,15,17H,3-5,8-14,16H2,1-2H3. The first-order valence-corrected chi connectivity index (χ1v) is 12.8. The van der Waals surface area contributed by atoms with Gasteiger partial charge in [-0.2, -0.15) is 4.31 Å². The minimum absolute atomic E-state index is 0.0886. The zero-order valence-corrected chi connectivity index (χ0v) is 19.6. The van der Waals surface area contributed by atoms with Crippen molar-refractivity contribution >= 4 is 27.0 Å². The molecule has 2 aliphatic rings. The number of rotatable bonds is 8. The molecule has 0 radical (unpaired) electrons. The number of morpholine rings is 1. The van der Waals surface area contributed by atoms with Gasteiger partial charge in [0.05, 0.1) is 35.2 Å². The van der Waals surface area contributed by atoms with Crippen molar-refractivity contribution < 1.29 is 22.7 Å². The fourth-order valence-electron chi connectivity index (χ4n) is 4.37. The van der Waals surface area contributed by atoms with Gasteiger partial charge in [0, 0.05) is 52.7 Å². The molecule has 0 saturated carbocycles. The average molecular weight is 465 g/mol. The number of amides is 1. The zero-order chi connectivity index (χ0) is 22.7. The Kier molecular flexibility index (Phi) is 7.14. The van der Waals surface area contributed by atoms with Gasteiger partial charge < -0.3 is 18.9 Å². The average Bonchev–Trinajstić information content (AvgIpc) is 3.44. The summed E-state index contributed by atoms with van der Waals surface area (Å²) < 4.78 is 40.3. The highest BCUT2D eigenvalue weighted by atomic mass is 32.2. The Hall–Kier alpha value is -2.01. The van der Waals surface area contributed by atoms with Crippen LogP contribution < -0.4 is 0 Å². The molecule has 1 amide bonds. The third-order valence-electron chi connectivity index (χ3n) is 6.30. The lowest BCUT2D eigenvalue weighted by Gasteiger charge is -2.26. The molecule has 1 aromatic heterocycles. The predicted octanol–water partition coefficient (Wildman–Crippen LogP) is 1.55. The molecule has 1 atom stereocenters. The van der Waals surface area contributed by atoms with Gasteiger partial charge in [-0.05, 0) is 38.0 Å². The molecular weight excluding hydrogens is 432 g/mol. The quantitative estimate of drug-likeness (QED) is 0.589. The highest BCUT2D eigenvalue weighted by Crippen LogP contribution is 2.23. The van der Waals surface area contributed by atoms with Crippen molar-refractivity contribution in [1.82, 2.24) is 18.8 Å². The Bertz CT molecular complexity index is 1060. The van der Waals surface area contributed by atoms with Crippen molar-refractivity contribution in [2.75, 3.05) is 46.0 Å². The molecule has 0 spiro atoms. The van der Waals surface area contributed by atoms with E-state index in [9.17, 15) is 13.2 Å². The number of aromatic nitrogens is 2. The maximum Gasteiger partial charge on any atom is 0.243 e. The topological polar surface area (TPSA) is 94.0 Å². The highest BCUT2D eigenvalue weighted by molar-refractivity contribution is 7.89. The first-order chi connectivity index (χ1) is 15.4. The van der Waals surface area contributed by atoms with Crippen LogP contribution in [0.3, 0.4) is 0 Å². The van der Waals surface area contributed by atoms with Crippen molar-refractivity contribution in [3.63, 3.8) is 0 Å². The molecule has 2 saturated heterocycles. The van der Waals surface area contributed by atoms with E-state index in [4.69, 9.17) is 9.47 Å². The highest BCUT2D eigenvalue weighted by Gasteiger charge is 2.27. The molecule has 3 heterocycles. The van der Waals surface area contributed by atoms with Crippen molar-refractivity contribution in [1.29, 1.82) is 0 Å². The number of hydrogen-bond donors (Lipinski definition) is 0. The lowest BCUT2D eigenvalue weighted by Crippen LogP contribution is -2.40. The largest absolute Gasteiger partial charge is 0.379 e. The number of imidazole rings is 1. The number of benzene rings is 1. The molecule has 0 aliphatic carbocycles. The summed E-state index contributed by atoms with van der Waals surface area (Å²) in [5.41, 5.74) is 1.47. The molecule has 0 N–H and O–H groups in total. The van der Waals surface area contributed by atoms with Gasteiger partial charge in [0.2, 0.25) is 15.9 Å². The molecule has 9 nitrogen and oxygen atoms in total. The second-order valence-electron chi connectivity index (χ2n) is 8.32. The maximum atomic E-state index is 13.0. The lowest BCUT2D eigenvalue weighted by atomic mass is 10.2. The SMILES string of the molecule is CCN(CC1CCCO1)C(=O)CCc1nc2cc(S(=O)(=O)N3CCOCC3)ccc2n1C. The van der Waals surface area contributed by atoms with E-state index in [0.717, 1.165) is 30.8 Å². The Labute approximate surface area is 189 Å². The fourth-order valence-corrected chi connectivity index (χ4v) is 5.80. The molecule has 1 aromatic carbocycles. The fraction of sp³-hybridized carbons (Fsp3) is 0.636. The van der Waals surface area contributed by atoms with E-state index in [1.165, 1.54) is 4.31 Å². The Balaban J connectivity index is 1.46. The van der Waals surface area contributed by atoms with Crippen LogP contribution in [0.1, 0.15) is 32.0 Å². The molecule has 2 aliphatic heterocycles. The van der Waals surface area contributed by atoms with E-state index in [1.54, 1.807) is 18.2 Å². The van der Waals surface area contributed by atoms with E-state index in [2.05, 4.69) is 4.98 Å². The smallest absolute Gasteiger partial charge is 0.243 e. The summed E-state index contributed by atoms with van der Waals surface area (Å²) in [4.78, 5) is 19.5. The molecule has 2 fully saturated rings. The van der Waals surface area contributed by atoms with E-state index in [1.807, 2.05) is 23.4 Å². The van der Waals surface area contributed by atoms with Crippen molar-refractivity contribution in [3.05, 3.63) is 24.0 Å². The van der Waals surface area contributed by atoms with Gasteiger partial charge in [-0.3, -0.25) is 4.79 Å². The second-order valence-corrected chi connectivity index (χ2v) is 10.3. The van der Waals surface area contributed by atoms with Gasteiger partial charge in [-0.25, -0.2) is 13.4 Å². The van der Waals surface area contributed by atoms with E-state index in [-0.39, 0.29) is 16.9 Å². The summed E-state index contributed by atoms with van der Waals surface area (Å²) in [5.74, 6) is 0.855. The third-order valence-corrected chi connectivity index (χ3v) is 8.19. The number of sulfonamides is 1. The van der Waals surface area contributed by atoms with Crippen LogP contribution in [-0.2, 0) is 37.8 Å². The van der Waals surface area contributed by atoms with Crippen LogP contribution in [0.4, 0.5) is 0 Å². The summed E-state index contributed by atoms with van der Waals surface area (Å²) in [6.45, 7) is 5.59. The molecule has 1 unspecified atom stereocenters. The zero-order valence-electron chi connectivity index (χ0n) is 18.8. The van der Waals surface area contributed by atoms with E-state index >= 15 is 0 Å². The van der Waals surface area contributed by atoms with Crippen molar-refractivity contribution in [2.24, 2.45) is 7.05 Å². The predicted molar refractivity (Wildman–Crippen MR) is 120 cm³/mol. The van der Waals surface area contributed by atoms with Gasteiger partial charge in [-0.1, -0.05) is 0 Å². The summed E-state index contributed by atoms with van der Waals surface area (Å²) in [7, 11) is -1.68.